The predicted octanol–water partition coefficient (Wildman–Crippen LogP) is 4.55. The van der Waals surface area contributed by atoms with E-state index in [1.165, 1.54) is 28.6 Å². The number of benzene rings is 2. The zero-order chi connectivity index (χ0) is 23.9. The quantitative estimate of drug-likeness (QED) is 0.477. The highest BCUT2D eigenvalue weighted by Crippen LogP contribution is 2.29. The Kier molecular flexibility index (Phi) is 7.90. The van der Waals surface area contributed by atoms with E-state index in [0.717, 1.165) is 48.5 Å². The minimum atomic E-state index is -0.0782. The molecule has 1 fully saturated rings. The topological polar surface area (TPSA) is 70.6 Å². The average molecular weight is 478 g/mol. The molecule has 178 valence electrons. The summed E-state index contributed by atoms with van der Waals surface area (Å²) in [5.41, 5.74) is 4.71. The number of piperazine rings is 1. The molecule has 4 rings (SSSR count). The van der Waals surface area contributed by atoms with Crippen LogP contribution in [0.4, 0.5) is 17.2 Å². The second kappa shape index (κ2) is 11.2. The summed E-state index contributed by atoms with van der Waals surface area (Å²) in [7, 11) is 0. The molecule has 0 bridgehead atoms. The molecule has 2 heterocycles. The largest absolute Gasteiger partial charge is 0.494 e. The SMILES string of the molecule is CCOc1ccc(NC(=O)CSc2nccnc2N2CCN(c3cccc(C)c3C)CC2)cc1. The highest BCUT2D eigenvalue weighted by Gasteiger charge is 2.22. The molecule has 1 aliphatic heterocycles. The molecule has 8 heteroatoms. The Morgan fingerprint density at radius 1 is 1.00 bits per heavy atom. The molecule has 1 amide bonds. The summed E-state index contributed by atoms with van der Waals surface area (Å²) in [6.45, 7) is 10.5. The minimum absolute atomic E-state index is 0.0782. The van der Waals surface area contributed by atoms with Gasteiger partial charge in [-0.15, -0.1) is 0 Å². The summed E-state index contributed by atoms with van der Waals surface area (Å²) in [6.07, 6.45) is 3.40. The third kappa shape index (κ3) is 5.80. The molecule has 1 aliphatic rings. The first-order chi connectivity index (χ1) is 16.5. The van der Waals surface area contributed by atoms with Crippen LogP contribution in [0.3, 0.4) is 0 Å². The summed E-state index contributed by atoms with van der Waals surface area (Å²) >= 11 is 1.42. The van der Waals surface area contributed by atoms with Gasteiger partial charge in [0.2, 0.25) is 5.91 Å². The first kappa shape index (κ1) is 23.9. The maximum absolute atomic E-state index is 12.5. The van der Waals surface area contributed by atoms with Crippen LogP contribution in [0.15, 0.2) is 59.9 Å². The number of carbonyl (C=O) groups excluding carboxylic acids is 1. The maximum atomic E-state index is 12.5. The Hall–Kier alpha value is -3.26. The smallest absolute Gasteiger partial charge is 0.234 e. The van der Waals surface area contributed by atoms with Crippen LogP contribution >= 0.6 is 11.8 Å². The van der Waals surface area contributed by atoms with E-state index in [9.17, 15) is 4.79 Å². The number of carbonyl (C=O) groups is 1. The van der Waals surface area contributed by atoms with Gasteiger partial charge in [-0.2, -0.15) is 0 Å². The number of amides is 1. The normalized spacial score (nSPS) is 13.6. The lowest BCUT2D eigenvalue weighted by Crippen LogP contribution is -2.47. The third-order valence-electron chi connectivity index (χ3n) is 5.93. The molecule has 0 saturated carbocycles. The molecule has 1 saturated heterocycles. The van der Waals surface area contributed by atoms with Crippen molar-refractivity contribution in [3.63, 3.8) is 0 Å². The number of aromatic nitrogens is 2. The van der Waals surface area contributed by atoms with Crippen LogP contribution in [0.25, 0.3) is 0 Å². The summed E-state index contributed by atoms with van der Waals surface area (Å²) in [5, 5.41) is 3.71. The number of aryl methyl sites for hydroxylation is 1. The Bertz CT molecular complexity index is 1110. The zero-order valence-electron chi connectivity index (χ0n) is 20.0. The number of rotatable bonds is 8. The molecule has 0 atom stereocenters. The zero-order valence-corrected chi connectivity index (χ0v) is 20.8. The van der Waals surface area contributed by atoms with Gasteiger partial charge in [0, 0.05) is 49.9 Å². The second-order valence-corrected chi connectivity index (χ2v) is 9.14. The van der Waals surface area contributed by atoms with E-state index >= 15 is 0 Å². The van der Waals surface area contributed by atoms with Crippen molar-refractivity contribution < 1.29 is 9.53 Å². The molecule has 0 spiro atoms. The van der Waals surface area contributed by atoms with Crippen molar-refractivity contribution in [2.24, 2.45) is 0 Å². The van der Waals surface area contributed by atoms with Crippen molar-refractivity contribution in [1.82, 2.24) is 9.97 Å². The fourth-order valence-corrected chi connectivity index (χ4v) is 4.79. The Morgan fingerprint density at radius 2 is 1.71 bits per heavy atom. The van der Waals surface area contributed by atoms with Crippen molar-refractivity contribution >= 4 is 34.9 Å². The molecule has 1 N–H and O–H groups in total. The van der Waals surface area contributed by atoms with Crippen molar-refractivity contribution in [1.29, 1.82) is 0 Å². The van der Waals surface area contributed by atoms with Gasteiger partial charge in [-0.3, -0.25) is 4.79 Å². The molecule has 7 nitrogen and oxygen atoms in total. The van der Waals surface area contributed by atoms with Crippen molar-refractivity contribution in [2.75, 3.05) is 53.7 Å². The number of hydrogen-bond donors (Lipinski definition) is 1. The van der Waals surface area contributed by atoms with Gasteiger partial charge in [0.1, 0.15) is 10.8 Å². The lowest BCUT2D eigenvalue weighted by Gasteiger charge is -2.37. The molecule has 1 aromatic heterocycles. The van der Waals surface area contributed by atoms with Crippen molar-refractivity contribution in [2.45, 2.75) is 25.8 Å². The first-order valence-corrected chi connectivity index (χ1v) is 12.6. The van der Waals surface area contributed by atoms with Gasteiger partial charge in [0.05, 0.1) is 12.4 Å². The molecule has 3 aromatic rings. The average Bonchev–Trinajstić information content (AvgIpc) is 2.86. The van der Waals surface area contributed by atoms with Crippen molar-refractivity contribution in [3.05, 3.63) is 66.0 Å². The lowest BCUT2D eigenvalue weighted by molar-refractivity contribution is -0.113. The van der Waals surface area contributed by atoms with Crippen LogP contribution in [0.1, 0.15) is 18.1 Å². The second-order valence-electron chi connectivity index (χ2n) is 8.17. The van der Waals surface area contributed by atoms with Gasteiger partial charge in [-0.05, 0) is 62.2 Å². The van der Waals surface area contributed by atoms with E-state index in [0.29, 0.717) is 6.61 Å². The first-order valence-electron chi connectivity index (χ1n) is 11.6. The van der Waals surface area contributed by atoms with Crippen LogP contribution in [-0.2, 0) is 4.79 Å². The van der Waals surface area contributed by atoms with Crippen LogP contribution in [0.5, 0.6) is 5.75 Å². The van der Waals surface area contributed by atoms with E-state index in [2.05, 4.69) is 57.1 Å². The van der Waals surface area contributed by atoms with E-state index in [4.69, 9.17) is 4.74 Å². The monoisotopic (exact) mass is 477 g/mol. The molecule has 0 aliphatic carbocycles. The molecule has 34 heavy (non-hydrogen) atoms. The number of nitrogens with zero attached hydrogens (tertiary/aromatic N) is 4. The van der Waals surface area contributed by atoms with Gasteiger partial charge in [0.15, 0.2) is 5.82 Å². The summed E-state index contributed by atoms with van der Waals surface area (Å²) in [4.78, 5) is 26.3. The van der Waals surface area contributed by atoms with Gasteiger partial charge >= 0.3 is 0 Å². The van der Waals surface area contributed by atoms with E-state index in [1.807, 2.05) is 31.2 Å². The Balaban J connectivity index is 1.34. The third-order valence-corrected chi connectivity index (χ3v) is 6.90. The predicted molar refractivity (Wildman–Crippen MR) is 139 cm³/mol. The standard InChI is InChI=1S/C26H31N5O2S/c1-4-33-22-10-8-21(9-11-22)29-24(32)18-34-26-25(27-12-13-28-26)31-16-14-30(15-17-31)23-7-5-6-19(2)20(23)3/h5-13H,4,14-18H2,1-3H3,(H,29,32). The molecular formula is C26H31N5O2S. The fourth-order valence-electron chi connectivity index (χ4n) is 4.01. The Labute approximate surface area is 205 Å². The molecule has 0 radical (unpaired) electrons. The number of ether oxygens (including phenoxy) is 1. The number of hydrogen-bond acceptors (Lipinski definition) is 7. The maximum Gasteiger partial charge on any atom is 0.234 e. The lowest BCUT2D eigenvalue weighted by atomic mass is 10.1. The van der Waals surface area contributed by atoms with Gasteiger partial charge in [0.25, 0.3) is 0 Å². The fraction of sp³-hybridized carbons (Fsp3) is 0.346. The number of thioether (sulfide) groups is 1. The van der Waals surface area contributed by atoms with Crippen LogP contribution in [0.2, 0.25) is 0 Å². The summed E-state index contributed by atoms with van der Waals surface area (Å²) < 4.78 is 5.44. The van der Waals surface area contributed by atoms with E-state index in [1.54, 1.807) is 12.4 Å². The van der Waals surface area contributed by atoms with Gasteiger partial charge in [-0.1, -0.05) is 23.9 Å². The number of nitrogens with one attached hydrogen (secondary N) is 1. The summed E-state index contributed by atoms with van der Waals surface area (Å²) in [6, 6.07) is 13.9. The van der Waals surface area contributed by atoms with E-state index in [-0.39, 0.29) is 11.7 Å². The van der Waals surface area contributed by atoms with Gasteiger partial charge < -0.3 is 19.9 Å². The molecule has 0 unspecified atom stereocenters. The van der Waals surface area contributed by atoms with Crippen molar-refractivity contribution in [3.8, 4) is 5.75 Å². The van der Waals surface area contributed by atoms with Crippen LogP contribution in [0, 0.1) is 13.8 Å². The van der Waals surface area contributed by atoms with Crippen LogP contribution < -0.4 is 19.9 Å². The minimum Gasteiger partial charge on any atom is -0.494 e. The van der Waals surface area contributed by atoms with E-state index < -0.39 is 0 Å². The highest BCUT2D eigenvalue weighted by molar-refractivity contribution is 8.00. The number of anilines is 3. The molecular weight excluding hydrogens is 446 g/mol. The van der Waals surface area contributed by atoms with Gasteiger partial charge in [-0.25, -0.2) is 9.97 Å². The summed E-state index contributed by atoms with van der Waals surface area (Å²) in [5.74, 6) is 1.82. The Morgan fingerprint density at radius 3 is 2.44 bits per heavy atom. The highest BCUT2D eigenvalue weighted by atomic mass is 32.2. The van der Waals surface area contributed by atoms with Crippen LogP contribution in [-0.4, -0.2) is 54.4 Å². The molecule has 2 aromatic carbocycles.